The highest BCUT2D eigenvalue weighted by molar-refractivity contribution is 5.75. The second-order valence-corrected chi connectivity index (χ2v) is 7.31. The van der Waals surface area contributed by atoms with Crippen LogP contribution in [0.5, 0.6) is 0 Å². The summed E-state index contributed by atoms with van der Waals surface area (Å²) in [4.78, 5) is 12.5. The Labute approximate surface area is 195 Å². The summed E-state index contributed by atoms with van der Waals surface area (Å²) in [7, 11) is 13.4. The minimum atomic E-state index is -1.12. The number of ether oxygens (including phenoxy) is 11. The predicted molar refractivity (Wildman–Crippen MR) is 114 cm³/mol. The van der Waals surface area contributed by atoms with Crippen LogP contribution in [0.3, 0.4) is 0 Å². The maximum atomic E-state index is 12.5. The molecule has 0 aromatic heterocycles. The van der Waals surface area contributed by atoms with Crippen molar-refractivity contribution in [1.29, 1.82) is 0 Å². The van der Waals surface area contributed by atoms with Crippen molar-refractivity contribution in [3.05, 3.63) is 0 Å². The Morgan fingerprint density at radius 3 is 1.61 bits per heavy atom. The lowest BCUT2D eigenvalue weighted by Gasteiger charge is -2.46. The van der Waals surface area contributed by atoms with Gasteiger partial charge in [-0.1, -0.05) is 0 Å². The minimum absolute atomic E-state index is 0.184. The zero-order valence-electron chi connectivity index (χ0n) is 21.0. The predicted octanol–water partition coefficient (Wildman–Crippen LogP) is -0.348. The van der Waals surface area contributed by atoms with Gasteiger partial charge in [-0.05, 0) is 0 Å². The van der Waals surface area contributed by atoms with E-state index in [2.05, 4.69) is 0 Å². The van der Waals surface area contributed by atoms with Crippen molar-refractivity contribution in [3.8, 4) is 0 Å². The van der Waals surface area contributed by atoms with Crippen LogP contribution in [0.2, 0.25) is 0 Å². The first-order chi connectivity index (χ1) is 15.9. The lowest BCUT2D eigenvalue weighted by molar-refractivity contribution is -0.332. The van der Waals surface area contributed by atoms with Crippen molar-refractivity contribution < 1.29 is 56.9 Å². The Hall–Kier alpha value is -0.930. The van der Waals surface area contributed by atoms with E-state index in [0.29, 0.717) is 0 Å². The molecule has 196 valence electrons. The monoisotopic (exact) mass is 484 g/mol. The number of esters is 1. The molecule has 0 aromatic carbocycles. The smallest absolute Gasteiger partial charge is 0.337 e. The van der Waals surface area contributed by atoms with Crippen molar-refractivity contribution in [2.24, 2.45) is 0 Å². The molecule has 0 aromatic rings. The van der Waals surface area contributed by atoms with Gasteiger partial charge in [-0.15, -0.1) is 0 Å². The highest BCUT2D eigenvalue weighted by Crippen LogP contribution is 2.31. The van der Waals surface area contributed by atoms with Gasteiger partial charge in [-0.25, -0.2) is 4.79 Å². The fourth-order valence-electron chi connectivity index (χ4n) is 3.95. The van der Waals surface area contributed by atoms with E-state index in [9.17, 15) is 4.79 Å². The third-order valence-electron chi connectivity index (χ3n) is 5.63. The first kappa shape index (κ1) is 30.1. The van der Waals surface area contributed by atoms with Gasteiger partial charge in [0.05, 0.1) is 20.3 Å². The number of methoxy groups -OCH3 is 9. The SMILES string of the molecule is COC[C@H](OC)[C@H](OC)[C@H](O[C@H]1O[C@H](C(=O)OC)[C@@H](OC)[C@H](OC)[C@H]1OC)[C@@H](COC)OC. The molecule has 9 atom stereocenters. The Kier molecular flexibility index (Phi) is 14.5. The van der Waals surface area contributed by atoms with E-state index in [1.54, 1.807) is 14.2 Å². The maximum absolute atomic E-state index is 12.5. The highest BCUT2D eigenvalue weighted by Gasteiger charge is 2.52. The van der Waals surface area contributed by atoms with Crippen LogP contribution in [0.15, 0.2) is 0 Å². The fraction of sp³-hybridized carbons (Fsp3) is 0.952. The molecule has 33 heavy (non-hydrogen) atoms. The Morgan fingerprint density at radius 1 is 0.697 bits per heavy atom. The topological polar surface area (TPSA) is 119 Å². The lowest BCUT2D eigenvalue weighted by Crippen LogP contribution is -2.64. The molecule has 0 amide bonds. The number of hydrogen-bond donors (Lipinski definition) is 0. The molecule has 0 spiro atoms. The van der Waals surface area contributed by atoms with Gasteiger partial charge in [-0.2, -0.15) is 0 Å². The van der Waals surface area contributed by atoms with Gasteiger partial charge in [-0.3, -0.25) is 0 Å². The van der Waals surface area contributed by atoms with Crippen molar-refractivity contribution in [1.82, 2.24) is 0 Å². The normalized spacial score (nSPS) is 29.3. The summed E-state index contributed by atoms with van der Waals surface area (Å²) in [5, 5.41) is 0. The summed E-state index contributed by atoms with van der Waals surface area (Å²) in [5.41, 5.74) is 0. The van der Waals surface area contributed by atoms with Crippen molar-refractivity contribution in [2.45, 2.75) is 55.1 Å². The average Bonchev–Trinajstić information content (AvgIpc) is 2.84. The number of hydrogen-bond acceptors (Lipinski definition) is 12. The Bertz CT molecular complexity index is 535. The Morgan fingerprint density at radius 2 is 1.21 bits per heavy atom. The number of rotatable bonds is 16. The van der Waals surface area contributed by atoms with E-state index in [0.717, 1.165) is 0 Å². The summed E-state index contributed by atoms with van der Waals surface area (Å²) in [6.45, 7) is 0.415. The molecule has 12 heteroatoms. The van der Waals surface area contributed by atoms with Gasteiger partial charge in [0.1, 0.15) is 42.7 Å². The van der Waals surface area contributed by atoms with Crippen molar-refractivity contribution >= 4 is 5.97 Å². The van der Waals surface area contributed by atoms with Gasteiger partial charge in [0.15, 0.2) is 12.4 Å². The molecule has 1 saturated heterocycles. The lowest BCUT2D eigenvalue weighted by atomic mass is 9.97. The third-order valence-corrected chi connectivity index (χ3v) is 5.63. The van der Waals surface area contributed by atoms with E-state index in [-0.39, 0.29) is 13.2 Å². The summed E-state index contributed by atoms with van der Waals surface area (Å²) in [6, 6.07) is 0. The number of carbonyl (C=O) groups excluding carboxylic acids is 1. The van der Waals surface area contributed by atoms with Gasteiger partial charge in [0.25, 0.3) is 0 Å². The van der Waals surface area contributed by atoms with Crippen LogP contribution >= 0.6 is 0 Å². The first-order valence-electron chi connectivity index (χ1n) is 10.5. The molecule has 1 rings (SSSR count). The van der Waals surface area contributed by atoms with Crippen LogP contribution in [0.1, 0.15) is 0 Å². The summed E-state index contributed by atoms with van der Waals surface area (Å²) in [5.74, 6) is -0.638. The molecule has 0 unspecified atom stereocenters. The third kappa shape index (κ3) is 7.52. The van der Waals surface area contributed by atoms with Crippen molar-refractivity contribution in [3.63, 3.8) is 0 Å². The molecule has 0 N–H and O–H groups in total. The molecular weight excluding hydrogens is 444 g/mol. The molecule has 12 nitrogen and oxygen atoms in total. The molecule has 0 radical (unpaired) electrons. The van der Waals surface area contributed by atoms with Crippen LogP contribution in [-0.2, 0) is 56.9 Å². The second kappa shape index (κ2) is 15.9. The van der Waals surface area contributed by atoms with Gasteiger partial charge in [0.2, 0.25) is 0 Å². The van der Waals surface area contributed by atoms with Crippen LogP contribution in [0.4, 0.5) is 0 Å². The summed E-state index contributed by atoms with van der Waals surface area (Å²) < 4.78 is 61.6. The highest BCUT2D eigenvalue weighted by atomic mass is 16.7. The van der Waals surface area contributed by atoms with Crippen LogP contribution < -0.4 is 0 Å². The first-order valence-corrected chi connectivity index (χ1v) is 10.5. The van der Waals surface area contributed by atoms with E-state index in [4.69, 9.17) is 52.1 Å². The zero-order chi connectivity index (χ0) is 25.0. The minimum Gasteiger partial charge on any atom is -0.467 e. The zero-order valence-corrected chi connectivity index (χ0v) is 21.0. The maximum Gasteiger partial charge on any atom is 0.337 e. The number of carbonyl (C=O) groups is 1. The standard InChI is InChI=1S/C21H40O12/c1-23-10-12(25-3)14(27-5)15(13(26-4)11-24-2)32-21-19(30-8)17(29-7)16(28-6)18(33-21)20(22)31-9/h12-19,21H,10-11H2,1-9H3/t12-,13+,14-,15+,16-,17-,18-,19+,21-/m0/s1. The second-order valence-electron chi connectivity index (χ2n) is 7.31. The molecule has 1 aliphatic heterocycles. The molecule has 1 fully saturated rings. The van der Waals surface area contributed by atoms with E-state index < -0.39 is 61.1 Å². The van der Waals surface area contributed by atoms with Crippen molar-refractivity contribution in [2.75, 3.05) is 77.2 Å². The average molecular weight is 485 g/mol. The van der Waals surface area contributed by atoms with Crippen LogP contribution in [0, 0.1) is 0 Å². The molecule has 0 aliphatic carbocycles. The molecule has 1 aliphatic rings. The fourth-order valence-corrected chi connectivity index (χ4v) is 3.95. The summed E-state index contributed by atoms with van der Waals surface area (Å²) in [6.07, 6.45) is -6.99. The summed E-state index contributed by atoms with van der Waals surface area (Å²) >= 11 is 0. The largest absolute Gasteiger partial charge is 0.467 e. The molecule has 0 saturated carbocycles. The molecular formula is C21H40O12. The van der Waals surface area contributed by atoms with Gasteiger partial charge in [0, 0.05) is 56.9 Å². The Balaban J connectivity index is 3.38. The van der Waals surface area contributed by atoms with Gasteiger partial charge >= 0.3 is 5.97 Å². The van der Waals surface area contributed by atoms with Crippen LogP contribution in [0.25, 0.3) is 0 Å². The quantitative estimate of drug-likeness (QED) is 0.267. The van der Waals surface area contributed by atoms with Gasteiger partial charge < -0.3 is 52.1 Å². The van der Waals surface area contributed by atoms with E-state index >= 15 is 0 Å². The molecule has 1 heterocycles. The van der Waals surface area contributed by atoms with E-state index in [1.807, 2.05) is 0 Å². The van der Waals surface area contributed by atoms with E-state index in [1.165, 1.54) is 49.8 Å². The van der Waals surface area contributed by atoms with Crippen LogP contribution in [-0.4, -0.2) is 138 Å². The molecule has 0 bridgehead atoms.